The quantitative estimate of drug-likeness (QED) is 0.865. The van der Waals surface area contributed by atoms with Gasteiger partial charge in [-0.2, -0.15) is 0 Å². The second-order valence-corrected chi connectivity index (χ2v) is 8.18. The second-order valence-electron chi connectivity index (χ2n) is 8.18. The number of aromatic nitrogens is 1. The van der Waals surface area contributed by atoms with Crippen LogP contribution in [0, 0.1) is 5.92 Å². The smallest absolute Gasteiger partial charge is 0.317 e. The summed E-state index contributed by atoms with van der Waals surface area (Å²) < 4.78 is 1.78. The number of carbonyl (C=O) groups is 2. The Hall–Kier alpha value is -2.15. The maximum absolute atomic E-state index is 13.1. The second kappa shape index (κ2) is 7.46. The Balaban J connectivity index is 1.59. The molecule has 1 amide bonds. The molecule has 0 aromatic carbocycles. The number of hydrogen-bond donors (Lipinski definition) is 1. The summed E-state index contributed by atoms with van der Waals surface area (Å²) in [5, 5.41) is 9.07. The molecule has 3 aliphatic rings. The minimum atomic E-state index is -0.814. The fourth-order valence-electron chi connectivity index (χ4n) is 4.97. The minimum Gasteiger partial charge on any atom is -0.480 e. The van der Waals surface area contributed by atoms with Crippen molar-refractivity contribution in [3.05, 3.63) is 33.7 Å². The lowest BCUT2D eigenvalue weighted by Crippen LogP contribution is -2.49. The molecule has 4 heterocycles. The van der Waals surface area contributed by atoms with Crippen LogP contribution in [-0.4, -0.2) is 64.1 Å². The molecule has 146 valence electrons. The van der Waals surface area contributed by atoms with Crippen molar-refractivity contribution in [1.29, 1.82) is 0 Å². The summed E-state index contributed by atoms with van der Waals surface area (Å²) in [5.74, 6) is -0.532. The molecule has 2 saturated heterocycles. The van der Waals surface area contributed by atoms with Gasteiger partial charge in [-0.3, -0.25) is 19.3 Å². The molecule has 0 aliphatic carbocycles. The Morgan fingerprint density at radius 3 is 2.48 bits per heavy atom. The third-order valence-corrected chi connectivity index (χ3v) is 6.16. The first kappa shape index (κ1) is 18.2. The van der Waals surface area contributed by atoms with Gasteiger partial charge < -0.3 is 14.6 Å². The number of carbonyl (C=O) groups excluding carboxylic acids is 1. The third-order valence-electron chi connectivity index (χ3n) is 6.16. The van der Waals surface area contributed by atoms with Gasteiger partial charge in [0.05, 0.1) is 6.54 Å². The number of piperidine rings is 1. The zero-order valence-corrected chi connectivity index (χ0v) is 15.6. The molecule has 0 saturated carbocycles. The van der Waals surface area contributed by atoms with E-state index in [-0.39, 0.29) is 35.4 Å². The van der Waals surface area contributed by atoms with Gasteiger partial charge in [0.1, 0.15) is 5.56 Å². The van der Waals surface area contributed by atoms with Gasteiger partial charge in [0.25, 0.3) is 11.5 Å². The van der Waals surface area contributed by atoms with Gasteiger partial charge in [-0.1, -0.05) is 12.8 Å². The predicted octanol–water partition coefficient (Wildman–Crippen LogP) is 1.37. The molecule has 2 fully saturated rings. The van der Waals surface area contributed by atoms with E-state index in [1.54, 1.807) is 10.6 Å². The minimum absolute atomic E-state index is 0.0444. The van der Waals surface area contributed by atoms with Crippen LogP contribution in [0.25, 0.3) is 0 Å². The first-order valence-electron chi connectivity index (χ1n) is 10.00. The summed E-state index contributed by atoms with van der Waals surface area (Å²) in [7, 11) is 0. The summed E-state index contributed by atoms with van der Waals surface area (Å²) >= 11 is 0. The third kappa shape index (κ3) is 3.65. The van der Waals surface area contributed by atoms with Crippen LogP contribution < -0.4 is 5.56 Å². The molecule has 7 nitrogen and oxygen atoms in total. The van der Waals surface area contributed by atoms with Crippen LogP contribution in [0.2, 0.25) is 0 Å². The molecule has 0 radical (unpaired) electrons. The molecule has 0 spiro atoms. The van der Waals surface area contributed by atoms with Crippen molar-refractivity contribution in [2.45, 2.75) is 44.6 Å². The van der Waals surface area contributed by atoms with Crippen molar-refractivity contribution in [3.63, 3.8) is 0 Å². The molecule has 2 bridgehead atoms. The van der Waals surface area contributed by atoms with Gasteiger partial charge >= 0.3 is 5.97 Å². The number of hydrogen-bond acceptors (Lipinski definition) is 4. The van der Waals surface area contributed by atoms with Gasteiger partial charge in [0.15, 0.2) is 0 Å². The summed E-state index contributed by atoms with van der Waals surface area (Å²) in [6.07, 6.45) is 5.27. The molecular weight excluding hydrogens is 346 g/mol. The van der Waals surface area contributed by atoms with E-state index in [0.717, 1.165) is 50.9 Å². The maximum Gasteiger partial charge on any atom is 0.317 e. The molecule has 2 atom stereocenters. The first-order valence-corrected chi connectivity index (χ1v) is 10.00. The Kier molecular flexibility index (Phi) is 5.04. The van der Waals surface area contributed by atoms with Crippen LogP contribution >= 0.6 is 0 Å². The Morgan fingerprint density at radius 1 is 1.04 bits per heavy atom. The van der Waals surface area contributed by atoms with E-state index >= 15 is 0 Å². The summed E-state index contributed by atoms with van der Waals surface area (Å²) in [6, 6.07) is 3.61. The monoisotopic (exact) mass is 373 g/mol. The molecule has 1 aromatic heterocycles. The highest BCUT2D eigenvalue weighted by molar-refractivity contribution is 5.94. The van der Waals surface area contributed by atoms with E-state index in [9.17, 15) is 14.4 Å². The van der Waals surface area contributed by atoms with E-state index in [0.29, 0.717) is 19.6 Å². The van der Waals surface area contributed by atoms with Crippen LogP contribution in [0.3, 0.4) is 0 Å². The topological polar surface area (TPSA) is 82.8 Å². The number of aliphatic carboxylic acids is 1. The number of likely N-dealkylation sites (tertiary alicyclic amines) is 2. The van der Waals surface area contributed by atoms with E-state index in [4.69, 9.17) is 5.11 Å². The lowest BCUT2D eigenvalue weighted by atomic mass is 9.83. The van der Waals surface area contributed by atoms with Crippen molar-refractivity contribution in [1.82, 2.24) is 14.4 Å². The number of rotatable bonds is 3. The van der Waals surface area contributed by atoms with Gasteiger partial charge in [-0.25, -0.2) is 0 Å². The van der Waals surface area contributed by atoms with Crippen LogP contribution in [0.5, 0.6) is 0 Å². The number of carboxylic acid groups (broad SMARTS) is 1. The Morgan fingerprint density at radius 2 is 1.78 bits per heavy atom. The number of carboxylic acids is 1. The highest BCUT2D eigenvalue weighted by Crippen LogP contribution is 2.35. The standard InChI is InChI=1S/C20H27N3O4/c24-18(25)13-21-10-14-9-15(12-21)17-6-5-16(20(27)23(17)11-14)19(26)22-7-3-1-2-4-8-22/h5-6,14-15H,1-4,7-13H2,(H,24,25)/t14-,15+/m0/s1. The van der Waals surface area contributed by atoms with E-state index in [1.807, 2.05) is 15.9 Å². The van der Waals surface area contributed by atoms with Crippen LogP contribution in [0.4, 0.5) is 0 Å². The van der Waals surface area contributed by atoms with Gasteiger partial charge in [-0.15, -0.1) is 0 Å². The largest absolute Gasteiger partial charge is 0.480 e. The zero-order valence-electron chi connectivity index (χ0n) is 15.6. The SMILES string of the molecule is O=C(O)CN1C[C@@H]2C[C@H](C1)c1ccc(C(=O)N3CCCCCC3)c(=O)n1C2. The van der Waals surface area contributed by atoms with Crippen LogP contribution in [-0.2, 0) is 11.3 Å². The van der Waals surface area contributed by atoms with Crippen LogP contribution in [0.15, 0.2) is 16.9 Å². The number of pyridine rings is 1. The average Bonchev–Trinajstić information content (AvgIpc) is 2.91. The van der Waals surface area contributed by atoms with Crippen molar-refractivity contribution >= 4 is 11.9 Å². The fraction of sp³-hybridized carbons (Fsp3) is 0.650. The molecule has 3 aliphatic heterocycles. The van der Waals surface area contributed by atoms with Crippen molar-refractivity contribution < 1.29 is 14.7 Å². The molecule has 7 heteroatoms. The fourth-order valence-corrected chi connectivity index (χ4v) is 4.97. The predicted molar refractivity (Wildman–Crippen MR) is 100.0 cm³/mol. The van der Waals surface area contributed by atoms with Gasteiger partial charge in [-0.05, 0) is 37.3 Å². The number of fused-ring (bicyclic) bond motifs is 4. The van der Waals surface area contributed by atoms with Gasteiger partial charge in [0.2, 0.25) is 0 Å². The van der Waals surface area contributed by atoms with E-state index in [2.05, 4.69) is 0 Å². The molecule has 0 unspecified atom stereocenters. The molecule has 1 N–H and O–H groups in total. The van der Waals surface area contributed by atoms with Gasteiger partial charge in [0, 0.05) is 44.3 Å². The van der Waals surface area contributed by atoms with Crippen LogP contribution in [0.1, 0.15) is 54.1 Å². The molecule has 4 rings (SSSR count). The Bertz CT molecular complexity index is 795. The summed E-state index contributed by atoms with van der Waals surface area (Å²) in [5.41, 5.74) is 1.05. The van der Waals surface area contributed by atoms with E-state index < -0.39 is 5.97 Å². The highest BCUT2D eigenvalue weighted by atomic mass is 16.4. The van der Waals surface area contributed by atoms with Crippen molar-refractivity contribution in [2.75, 3.05) is 32.7 Å². The van der Waals surface area contributed by atoms with Crippen molar-refractivity contribution in [3.8, 4) is 0 Å². The van der Waals surface area contributed by atoms with Crippen molar-refractivity contribution in [2.24, 2.45) is 5.92 Å². The highest BCUT2D eigenvalue weighted by Gasteiger charge is 2.36. The zero-order chi connectivity index (χ0) is 19.0. The maximum atomic E-state index is 13.1. The van der Waals surface area contributed by atoms with E-state index in [1.165, 1.54) is 0 Å². The first-order chi connectivity index (χ1) is 13.0. The number of amides is 1. The normalized spacial score (nSPS) is 25.6. The number of nitrogens with zero attached hydrogens (tertiary/aromatic N) is 3. The Labute approximate surface area is 158 Å². The lowest BCUT2D eigenvalue weighted by molar-refractivity contribution is -0.139. The molecular formula is C20H27N3O4. The lowest BCUT2D eigenvalue weighted by Gasteiger charge is -2.42. The molecule has 1 aromatic rings. The summed E-state index contributed by atoms with van der Waals surface area (Å²) in [6.45, 7) is 3.43. The molecule has 27 heavy (non-hydrogen) atoms. The average molecular weight is 373 g/mol. The summed E-state index contributed by atoms with van der Waals surface area (Å²) in [4.78, 5) is 40.8.